The van der Waals surface area contributed by atoms with Crippen LogP contribution in [0.4, 0.5) is 5.69 Å². The Hall–Kier alpha value is -3.88. The number of hydrogen-bond acceptors (Lipinski definition) is 6. The molecule has 176 valence electrons. The monoisotopic (exact) mass is 454 g/mol. The van der Waals surface area contributed by atoms with Gasteiger partial charge in [0.15, 0.2) is 18.1 Å². The molecule has 0 atom stereocenters. The summed E-state index contributed by atoms with van der Waals surface area (Å²) in [4.78, 5) is 35.6. The summed E-state index contributed by atoms with van der Waals surface area (Å²) in [6.45, 7) is 6.40. The summed E-state index contributed by atoms with van der Waals surface area (Å²) in [5.41, 5.74) is 4.53. The lowest BCUT2D eigenvalue weighted by atomic mass is 10.2. The molecule has 0 bridgehead atoms. The number of amides is 3. The smallest absolute Gasteiger partial charge is 0.329 e. The average Bonchev–Trinajstić information content (AvgIpc) is 2.78. The number of hydrazone groups is 1. The minimum absolute atomic E-state index is 0.190. The average molecular weight is 455 g/mol. The molecule has 3 N–H and O–H groups in total. The van der Waals surface area contributed by atoms with E-state index in [4.69, 9.17) is 9.47 Å². The van der Waals surface area contributed by atoms with Gasteiger partial charge in [0.05, 0.1) is 12.8 Å². The third kappa shape index (κ3) is 9.02. The molecule has 33 heavy (non-hydrogen) atoms. The van der Waals surface area contributed by atoms with Crippen molar-refractivity contribution in [1.82, 2.24) is 10.7 Å². The standard InChI is InChI=1S/C24H30N4O5/c1-4-6-12-25-23(30)24(31)28-26-15-18-10-11-20(21(14-18)32-5-2)33-16-22(29)27-19-9-7-8-17(3)13-19/h7-11,13-15H,4-6,12,16H2,1-3H3,(H,25,30)(H,27,29)(H,28,31)/b26-15-. The fourth-order valence-corrected chi connectivity index (χ4v) is 2.73. The second-order valence-electron chi connectivity index (χ2n) is 7.15. The van der Waals surface area contributed by atoms with Gasteiger partial charge in [-0.1, -0.05) is 25.5 Å². The van der Waals surface area contributed by atoms with Crippen molar-refractivity contribution in [2.24, 2.45) is 5.10 Å². The Morgan fingerprint density at radius 2 is 1.82 bits per heavy atom. The van der Waals surface area contributed by atoms with Crippen molar-refractivity contribution < 1.29 is 23.9 Å². The van der Waals surface area contributed by atoms with Gasteiger partial charge in [-0.15, -0.1) is 0 Å². The fourth-order valence-electron chi connectivity index (χ4n) is 2.73. The second kappa shape index (κ2) is 13.5. The summed E-state index contributed by atoms with van der Waals surface area (Å²) >= 11 is 0. The van der Waals surface area contributed by atoms with E-state index in [0.29, 0.717) is 35.9 Å². The molecule has 0 aliphatic rings. The molecule has 0 saturated heterocycles. The van der Waals surface area contributed by atoms with E-state index in [0.717, 1.165) is 18.4 Å². The van der Waals surface area contributed by atoms with E-state index >= 15 is 0 Å². The van der Waals surface area contributed by atoms with Gasteiger partial charge >= 0.3 is 11.8 Å². The van der Waals surface area contributed by atoms with Gasteiger partial charge in [0.2, 0.25) is 0 Å². The number of carbonyl (C=O) groups excluding carboxylic acids is 3. The highest BCUT2D eigenvalue weighted by Crippen LogP contribution is 2.28. The first-order valence-corrected chi connectivity index (χ1v) is 10.8. The molecule has 0 aliphatic carbocycles. The maximum absolute atomic E-state index is 12.2. The maximum Gasteiger partial charge on any atom is 0.329 e. The first-order chi connectivity index (χ1) is 15.9. The van der Waals surface area contributed by atoms with E-state index < -0.39 is 11.8 Å². The van der Waals surface area contributed by atoms with Crippen molar-refractivity contribution in [1.29, 1.82) is 0 Å². The van der Waals surface area contributed by atoms with Gasteiger partial charge in [-0.25, -0.2) is 5.43 Å². The van der Waals surface area contributed by atoms with Crippen molar-refractivity contribution in [2.45, 2.75) is 33.6 Å². The van der Waals surface area contributed by atoms with E-state index in [1.807, 2.05) is 39.0 Å². The maximum atomic E-state index is 12.2. The molecule has 9 heteroatoms. The van der Waals surface area contributed by atoms with E-state index in [2.05, 4.69) is 21.2 Å². The quantitative estimate of drug-likeness (QED) is 0.209. The molecule has 3 amide bonds. The highest BCUT2D eigenvalue weighted by molar-refractivity contribution is 6.35. The van der Waals surface area contributed by atoms with Gasteiger partial charge in [0.25, 0.3) is 5.91 Å². The van der Waals surface area contributed by atoms with Crippen LogP contribution < -0.4 is 25.5 Å². The molecule has 0 aliphatic heterocycles. The lowest BCUT2D eigenvalue weighted by Gasteiger charge is -2.13. The molecule has 0 radical (unpaired) electrons. The van der Waals surface area contributed by atoms with E-state index in [1.54, 1.807) is 24.3 Å². The zero-order chi connectivity index (χ0) is 24.1. The Morgan fingerprint density at radius 3 is 2.55 bits per heavy atom. The summed E-state index contributed by atoms with van der Waals surface area (Å²) in [7, 11) is 0. The number of rotatable bonds is 11. The van der Waals surface area contributed by atoms with Crippen molar-refractivity contribution in [3.8, 4) is 11.5 Å². The summed E-state index contributed by atoms with van der Waals surface area (Å²) in [6.07, 6.45) is 3.10. The summed E-state index contributed by atoms with van der Waals surface area (Å²) in [6, 6.07) is 12.5. The third-order valence-electron chi connectivity index (χ3n) is 4.33. The third-order valence-corrected chi connectivity index (χ3v) is 4.33. The fraction of sp³-hybridized carbons (Fsp3) is 0.333. The largest absolute Gasteiger partial charge is 0.490 e. The van der Waals surface area contributed by atoms with Crippen molar-refractivity contribution in [2.75, 3.05) is 25.1 Å². The molecule has 9 nitrogen and oxygen atoms in total. The number of benzene rings is 2. The number of unbranched alkanes of at least 4 members (excludes halogenated alkanes) is 1. The van der Waals surface area contributed by atoms with Crippen molar-refractivity contribution in [3.05, 3.63) is 53.6 Å². The Labute approximate surface area is 193 Å². The molecule has 2 rings (SSSR count). The number of ether oxygens (including phenoxy) is 2. The Balaban J connectivity index is 1.93. The van der Waals surface area contributed by atoms with Crippen LogP contribution in [0, 0.1) is 6.92 Å². The predicted molar refractivity (Wildman–Crippen MR) is 127 cm³/mol. The SMILES string of the molecule is CCCCNC(=O)C(=O)N/N=C\c1ccc(OCC(=O)Nc2cccc(C)c2)c(OCC)c1. The lowest BCUT2D eigenvalue weighted by Crippen LogP contribution is -2.38. The minimum atomic E-state index is -0.841. The first kappa shape index (κ1) is 25.4. The number of carbonyl (C=O) groups is 3. The Bertz CT molecular complexity index is 991. The van der Waals surface area contributed by atoms with Gasteiger partial charge < -0.3 is 20.1 Å². The zero-order valence-corrected chi connectivity index (χ0v) is 19.1. The molecule has 2 aromatic carbocycles. The van der Waals surface area contributed by atoms with Crippen LogP contribution in [0.1, 0.15) is 37.8 Å². The molecule has 2 aromatic rings. The van der Waals surface area contributed by atoms with E-state index in [-0.39, 0.29) is 12.5 Å². The van der Waals surface area contributed by atoms with Crippen LogP contribution >= 0.6 is 0 Å². The van der Waals surface area contributed by atoms with Gasteiger partial charge in [0.1, 0.15) is 0 Å². The number of nitrogens with zero attached hydrogens (tertiary/aromatic N) is 1. The van der Waals surface area contributed by atoms with Gasteiger partial charge in [-0.05, 0) is 61.7 Å². The minimum Gasteiger partial charge on any atom is -0.490 e. The molecule has 0 unspecified atom stereocenters. The van der Waals surface area contributed by atoms with Crippen LogP contribution in [0.5, 0.6) is 11.5 Å². The number of aryl methyl sites for hydroxylation is 1. The van der Waals surface area contributed by atoms with Gasteiger partial charge in [-0.2, -0.15) is 5.10 Å². The number of hydrogen-bond donors (Lipinski definition) is 3. The molecule has 0 fully saturated rings. The molecule has 0 aromatic heterocycles. The van der Waals surface area contributed by atoms with Crippen molar-refractivity contribution in [3.63, 3.8) is 0 Å². The topological polar surface area (TPSA) is 118 Å². The molecule has 0 spiro atoms. The van der Waals surface area contributed by atoms with Crippen LogP contribution in [-0.2, 0) is 14.4 Å². The molecular weight excluding hydrogens is 424 g/mol. The summed E-state index contributed by atoms with van der Waals surface area (Å²) < 4.78 is 11.2. The summed E-state index contributed by atoms with van der Waals surface area (Å²) in [5, 5.41) is 9.10. The highest BCUT2D eigenvalue weighted by atomic mass is 16.5. The van der Waals surface area contributed by atoms with Crippen LogP contribution in [-0.4, -0.2) is 43.7 Å². The predicted octanol–water partition coefficient (Wildman–Crippen LogP) is 2.78. The van der Waals surface area contributed by atoms with Crippen LogP contribution in [0.2, 0.25) is 0 Å². The van der Waals surface area contributed by atoms with Gasteiger partial charge in [0, 0.05) is 12.2 Å². The van der Waals surface area contributed by atoms with Gasteiger partial charge in [-0.3, -0.25) is 14.4 Å². The van der Waals surface area contributed by atoms with E-state index in [1.165, 1.54) is 6.21 Å². The zero-order valence-electron chi connectivity index (χ0n) is 19.1. The van der Waals surface area contributed by atoms with Crippen LogP contribution in [0.15, 0.2) is 47.6 Å². The Kier molecular flexibility index (Phi) is 10.4. The number of nitrogens with one attached hydrogen (secondary N) is 3. The van der Waals surface area contributed by atoms with Crippen LogP contribution in [0.25, 0.3) is 0 Å². The lowest BCUT2D eigenvalue weighted by molar-refractivity contribution is -0.139. The van der Waals surface area contributed by atoms with Crippen molar-refractivity contribution >= 4 is 29.6 Å². The van der Waals surface area contributed by atoms with Crippen LogP contribution in [0.3, 0.4) is 0 Å². The number of anilines is 1. The normalized spacial score (nSPS) is 10.5. The first-order valence-electron chi connectivity index (χ1n) is 10.8. The van der Waals surface area contributed by atoms with E-state index in [9.17, 15) is 14.4 Å². The Morgan fingerprint density at radius 1 is 1.00 bits per heavy atom. The molecule has 0 saturated carbocycles. The molecular formula is C24H30N4O5. The molecule has 0 heterocycles. The highest BCUT2D eigenvalue weighted by Gasteiger charge is 2.12. The second-order valence-corrected chi connectivity index (χ2v) is 7.15. The summed E-state index contributed by atoms with van der Waals surface area (Å²) in [5.74, 6) is -1.05.